The third kappa shape index (κ3) is 1.48. The molecule has 12 heavy (non-hydrogen) atoms. The highest BCUT2D eigenvalue weighted by atomic mass is 16.5. The van der Waals surface area contributed by atoms with Gasteiger partial charge in [0.2, 0.25) is 0 Å². The molecule has 0 amide bonds. The maximum absolute atomic E-state index is 11.0. The molecule has 0 heterocycles. The van der Waals surface area contributed by atoms with Crippen LogP contribution in [0, 0.1) is 11.8 Å². The van der Waals surface area contributed by atoms with Crippen molar-refractivity contribution in [3.8, 4) is 0 Å². The summed E-state index contributed by atoms with van der Waals surface area (Å²) in [6.07, 6.45) is 0.306. The Morgan fingerprint density at radius 2 is 2.25 bits per heavy atom. The minimum Gasteiger partial charge on any atom is -0.469 e. The van der Waals surface area contributed by atoms with Gasteiger partial charge in [-0.2, -0.15) is 0 Å². The van der Waals surface area contributed by atoms with Crippen molar-refractivity contribution in [1.82, 2.24) is 0 Å². The average Bonchev–Trinajstić information content (AvgIpc) is 2.09. The van der Waals surface area contributed by atoms with E-state index < -0.39 is 0 Å². The molecule has 1 aliphatic rings. The van der Waals surface area contributed by atoms with Crippen LogP contribution in [0.4, 0.5) is 0 Å². The van der Waals surface area contributed by atoms with Crippen molar-refractivity contribution < 1.29 is 19.1 Å². The Morgan fingerprint density at radius 1 is 1.58 bits per heavy atom. The van der Waals surface area contributed by atoms with Gasteiger partial charge in [-0.05, 0) is 0 Å². The molecule has 0 aromatic carbocycles. The van der Waals surface area contributed by atoms with Gasteiger partial charge in [-0.25, -0.2) is 0 Å². The van der Waals surface area contributed by atoms with Crippen molar-refractivity contribution in [3.05, 3.63) is 0 Å². The quantitative estimate of drug-likeness (QED) is 0.563. The summed E-state index contributed by atoms with van der Waals surface area (Å²) in [5.41, 5.74) is 0. The molecule has 1 aliphatic carbocycles. The summed E-state index contributed by atoms with van der Waals surface area (Å²) in [5.74, 6) is -0.770. The van der Waals surface area contributed by atoms with Crippen LogP contribution in [0.5, 0.6) is 0 Å². The smallest absolute Gasteiger partial charge is 0.309 e. The van der Waals surface area contributed by atoms with Gasteiger partial charge in [-0.3, -0.25) is 9.59 Å². The number of rotatable bonds is 3. The SMILES string of the molecule is COC[C@@H]1C(=O)C[C@H]1C(=O)OC. The number of ketones is 1. The van der Waals surface area contributed by atoms with E-state index in [0.717, 1.165) is 0 Å². The lowest BCUT2D eigenvalue weighted by Gasteiger charge is -2.31. The first-order valence-electron chi connectivity index (χ1n) is 3.80. The van der Waals surface area contributed by atoms with Gasteiger partial charge in [0.05, 0.1) is 25.6 Å². The van der Waals surface area contributed by atoms with E-state index in [9.17, 15) is 9.59 Å². The Bertz CT molecular complexity index is 199. The fraction of sp³-hybridized carbons (Fsp3) is 0.750. The van der Waals surface area contributed by atoms with E-state index >= 15 is 0 Å². The summed E-state index contributed by atoms with van der Waals surface area (Å²) in [7, 11) is 2.84. The highest BCUT2D eigenvalue weighted by Crippen LogP contribution is 2.31. The van der Waals surface area contributed by atoms with Crippen LogP contribution < -0.4 is 0 Å². The molecule has 0 bridgehead atoms. The van der Waals surface area contributed by atoms with Crippen LogP contribution in [0.3, 0.4) is 0 Å². The minimum atomic E-state index is -0.309. The molecule has 0 radical (unpaired) electrons. The summed E-state index contributed by atoms with van der Waals surface area (Å²) in [6.45, 7) is 0.318. The van der Waals surface area contributed by atoms with Crippen molar-refractivity contribution in [2.24, 2.45) is 11.8 Å². The molecule has 1 rings (SSSR count). The van der Waals surface area contributed by atoms with E-state index in [0.29, 0.717) is 13.0 Å². The van der Waals surface area contributed by atoms with Gasteiger partial charge < -0.3 is 9.47 Å². The van der Waals surface area contributed by atoms with Crippen LogP contribution >= 0.6 is 0 Å². The summed E-state index contributed by atoms with van der Waals surface area (Å²) < 4.78 is 9.34. The normalized spacial score (nSPS) is 28.0. The number of esters is 1. The van der Waals surface area contributed by atoms with Crippen LogP contribution in [-0.2, 0) is 19.1 Å². The molecule has 2 atom stereocenters. The Labute approximate surface area is 70.8 Å². The number of hydrogen-bond donors (Lipinski definition) is 0. The van der Waals surface area contributed by atoms with E-state index in [2.05, 4.69) is 4.74 Å². The molecule has 0 aliphatic heterocycles. The Balaban J connectivity index is 2.47. The van der Waals surface area contributed by atoms with E-state index in [1.54, 1.807) is 0 Å². The first kappa shape index (κ1) is 9.19. The monoisotopic (exact) mass is 172 g/mol. The molecule has 1 fully saturated rings. The van der Waals surface area contributed by atoms with Gasteiger partial charge in [0, 0.05) is 13.5 Å². The second kappa shape index (κ2) is 3.67. The molecule has 0 aromatic rings. The third-order valence-electron chi connectivity index (χ3n) is 2.17. The van der Waals surface area contributed by atoms with Crippen LogP contribution in [0.25, 0.3) is 0 Å². The number of carbonyl (C=O) groups excluding carboxylic acids is 2. The maximum Gasteiger partial charge on any atom is 0.309 e. The lowest BCUT2D eigenvalue weighted by Crippen LogP contribution is -2.44. The zero-order chi connectivity index (χ0) is 9.14. The number of ether oxygens (including phenoxy) is 2. The molecule has 68 valence electrons. The maximum atomic E-state index is 11.0. The van der Waals surface area contributed by atoms with E-state index in [1.165, 1.54) is 14.2 Å². The lowest BCUT2D eigenvalue weighted by molar-refractivity contribution is -0.160. The Kier molecular flexibility index (Phi) is 2.81. The highest BCUT2D eigenvalue weighted by Gasteiger charge is 2.44. The van der Waals surface area contributed by atoms with E-state index in [4.69, 9.17) is 4.74 Å². The van der Waals surface area contributed by atoms with Crippen molar-refractivity contribution in [2.45, 2.75) is 6.42 Å². The van der Waals surface area contributed by atoms with Gasteiger partial charge >= 0.3 is 5.97 Å². The predicted octanol–water partition coefficient (Wildman–Crippen LogP) is 0.0110. The van der Waals surface area contributed by atoms with Crippen molar-refractivity contribution >= 4 is 11.8 Å². The topological polar surface area (TPSA) is 52.6 Å². The van der Waals surface area contributed by atoms with Crippen LogP contribution in [-0.4, -0.2) is 32.6 Å². The molecule has 0 saturated heterocycles. The summed E-state index contributed by atoms with van der Waals surface area (Å²) in [5, 5.41) is 0. The van der Waals surface area contributed by atoms with E-state index in [-0.39, 0.29) is 23.6 Å². The molecule has 1 saturated carbocycles. The summed E-state index contributed by atoms with van der Waals surface area (Å²) in [6, 6.07) is 0. The fourth-order valence-corrected chi connectivity index (χ4v) is 1.36. The fourth-order valence-electron chi connectivity index (χ4n) is 1.36. The number of methoxy groups -OCH3 is 2. The zero-order valence-electron chi connectivity index (χ0n) is 7.20. The second-order valence-corrected chi connectivity index (χ2v) is 2.86. The predicted molar refractivity (Wildman–Crippen MR) is 40.5 cm³/mol. The van der Waals surface area contributed by atoms with Crippen molar-refractivity contribution in [1.29, 1.82) is 0 Å². The molecule has 4 nitrogen and oxygen atoms in total. The van der Waals surface area contributed by atoms with Crippen molar-refractivity contribution in [2.75, 3.05) is 20.8 Å². The van der Waals surface area contributed by atoms with Gasteiger partial charge in [0.25, 0.3) is 0 Å². The first-order chi connectivity index (χ1) is 5.70. The Morgan fingerprint density at radius 3 is 2.67 bits per heavy atom. The summed E-state index contributed by atoms with van der Waals surface area (Å²) in [4.78, 5) is 22.0. The average molecular weight is 172 g/mol. The van der Waals surface area contributed by atoms with Gasteiger partial charge in [0.15, 0.2) is 0 Å². The standard InChI is InChI=1S/C8H12O4/c1-11-4-6-5(3-7(6)9)8(10)12-2/h5-6H,3-4H2,1-2H3/t5-,6+/m1/s1. The van der Waals surface area contributed by atoms with Crippen LogP contribution in [0.2, 0.25) is 0 Å². The van der Waals surface area contributed by atoms with Crippen LogP contribution in [0.15, 0.2) is 0 Å². The Hall–Kier alpha value is -0.900. The highest BCUT2D eigenvalue weighted by molar-refractivity contribution is 5.96. The molecule has 4 heteroatoms. The molecule has 0 N–H and O–H groups in total. The second-order valence-electron chi connectivity index (χ2n) is 2.86. The van der Waals surface area contributed by atoms with Gasteiger partial charge in [-0.1, -0.05) is 0 Å². The largest absolute Gasteiger partial charge is 0.469 e. The zero-order valence-corrected chi connectivity index (χ0v) is 7.20. The third-order valence-corrected chi connectivity index (χ3v) is 2.17. The lowest BCUT2D eigenvalue weighted by atomic mass is 9.73. The van der Waals surface area contributed by atoms with Gasteiger partial charge in [-0.15, -0.1) is 0 Å². The van der Waals surface area contributed by atoms with Gasteiger partial charge in [0.1, 0.15) is 5.78 Å². The number of hydrogen-bond acceptors (Lipinski definition) is 4. The molecular formula is C8H12O4. The molecule has 0 spiro atoms. The summed E-state index contributed by atoms with van der Waals surface area (Å²) >= 11 is 0. The van der Waals surface area contributed by atoms with Crippen molar-refractivity contribution in [3.63, 3.8) is 0 Å². The number of Topliss-reactive ketones (excluding diaryl/α,β-unsaturated/α-hetero) is 1. The first-order valence-corrected chi connectivity index (χ1v) is 3.80. The number of carbonyl (C=O) groups is 2. The molecule has 0 unspecified atom stereocenters. The van der Waals surface area contributed by atoms with E-state index in [1.807, 2.05) is 0 Å². The van der Waals surface area contributed by atoms with Crippen LogP contribution in [0.1, 0.15) is 6.42 Å². The molecule has 0 aromatic heterocycles. The minimum absolute atomic E-state index is 0.0900. The molecular weight excluding hydrogens is 160 g/mol.